The van der Waals surface area contributed by atoms with Crippen molar-refractivity contribution in [2.45, 2.75) is 0 Å². The van der Waals surface area contributed by atoms with Gasteiger partial charge in [0.2, 0.25) is 5.95 Å². The smallest absolute Gasteiger partial charge is 0.222 e. The molecule has 0 aliphatic carbocycles. The monoisotopic (exact) mass is 161 g/mol. The first-order valence-corrected chi connectivity index (χ1v) is 3.53. The Hall–Kier alpha value is -1.64. The van der Waals surface area contributed by atoms with Crippen LogP contribution in [0.5, 0.6) is 0 Å². The zero-order valence-corrected chi connectivity index (χ0v) is 6.21. The Bertz CT molecular complexity index is 368. The summed E-state index contributed by atoms with van der Waals surface area (Å²) in [6.45, 7) is 0. The average Bonchev–Trinajstić information content (AvgIpc) is 2.57. The van der Waals surface area contributed by atoms with Gasteiger partial charge in [-0.2, -0.15) is 4.39 Å². The van der Waals surface area contributed by atoms with Crippen LogP contribution in [0.15, 0.2) is 30.6 Å². The van der Waals surface area contributed by atoms with Crippen LogP contribution in [0.4, 0.5) is 4.39 Å². The SMILES string of the molecule is Fc1ncccc1-c1c[c]c[nH]1. The molecule has 0 spiro atoms. The number of halogens is 1. The summed E-state index contributed by atoms with van der Waals surface area (Å²) in [5, 5.41) is 0. The standard InChI is InChI=1S/C9H6FN2/c10-9-7(3-1-6-12-9)8-4-2-5-11-8/h1,3-6,11H. The van der Waals surface area contributed by atoms with Crippen molar-refractivity contribution in [2.24, 2.45) is 0 Å². The number of aromatic nitrogens is 2. The maximum absolute atomic E-state index is 13.0. The van der Waals surface area contributed by atoms with E-state index >= 15 is 0 Å². The van der Waals surface area contributed by atoms with Crippen LogP contribution in [-0.4, -0.2) is 9.97 Å². The summed E-state index contributed by atoms with van der Waals surface area (Å²) < 4.78 is 13.0. The summed E-state index contributed by atoms with van der Waals surface area (Å²) in [5.41, 5.74) is 1.17. The van der Waals surface area contributed by atoms with Crippen molar-refractivity contribution in [3.63, 3.8) is 0 Å². The lowest BCUT2D eigenvalue weighted by Gasteiger charge is -1.96. The molecular formula is C9H6FN2. The fourth-order valence-electron chi connectivity index (χ4n) is 1.03. The highest BCUT2D eigenvalue weighted by molar-refractivity contribution is 5.58. The third-order valence-corrected chi connectivity index (χ3v) is 1.59. The molecule has 0 bridgehead atoms. The minimum absolute atomic E-state index is 0.464. The molecule has 1 radical (unpaired) electrons. The van der Waals surface area contributed by atoms with Crippen LogP contribution in [0.1, 0.15) is 0 Å². The molecule has 2 rings (SSSR count). The summed E-state index contributed by atoms with van der Waals surface area (Å²) in [6.07, 6.45) is 3.05. The Balaban J connectivity index is 2.55. The quantitative estimate of drug-likeness (QED) is 0.637. The number of hydrogen-bond acceptors (Lipinski definition) is 1. The number of pyridine rings is 1. The predicted octanol–water partition coefficient (Wildman–Crippen LogP) is 2.02. The Morgan fingerprint density at radius 3 is 3.08 bits per heavy atom. The second kappa shape index (κ2) is 2.77. The maximum atomic E-state index is 13.0. The summed E-state index contributed by atoms with van der Waals surface area (Å²) in [7, 11) is 0. The van der Waals surface area contributed by atoms with Crippen LogP contribution in [0.25, 0.3) is 11.3 Å². The first-order valence-electron chi connectivity index (χ1n) is 3.53. The summed E-state index contributed by atoms with van der Waals surface area (Å²) in [4.78, 5) is 6.39. The molecule has 59 valence electrons. The van der Waals surface area contributed by atoms with Gasteiger partial charge in [-0.15, -0.1) is 0 Å². The first kappa shape index (κ1) is 7.03. The molecule has 2 aromatic rings. The fraction of sp³-hybridized carbons (Fsp3) is 0. The molecule has 2 nitrogen and oxygen atoms in total. The summed E-state index contributed by atoms with van der Waals surface area (Å²) in [5.74, 6) is -0.464. The van der Waals surface area contributed by atoms with Gasteiger partial charge in [0.25, 0.3) is 0 Å². The molecule has 12 heavy (non-hydrogen) atoms. The van der Waals surface area contributed by atoms with Crippen molar-refractivity contribution >= 4 is 0 Å². The molecule has 1 N–H and O–H groups in total. The van der Waals surface area contributed by atoms with Crippen molar-refractivity contribution in [2.75, 3.05) is 0 Å². The van der Waals surface area contributed by atoms with Crippen LogP contribution >= 0.6 is 0 Å². The molecule has 0 amide bonds. The lowest BCUT2D eigenvalue weighted by molar-refractivity contribution is 0.587. The van der Waals surface area contributed by atoms with E-state index in [1.807, 2.05) is 0 Å². The van der Waals surface area contributed by atoms with Crippen molar-refractivity contribution in [1.82, 2.24) is 9.97 Å². The van der Waals surface area contributed by atoms with Crippen LogP contribution in [0, 0.1) is 12.0 Å². The van der Waals surface area contributed by atoms with Crippen molar-refractivity contribution < 1.29 is 4.39 Å². The van der Waals surface area contributed by atoms with Gasteiger partial charge in [0, 0.05) is 18.5 Å². The molecule has 2 aromatic heterocycles. The summed E-state index contributed by atoms with van der Waals surface area (Å²) in [6, 6.07) is 7.85. The van der Waals surface area contributed by atoms with E-state index in [2.05, 4.69) is 16.0 Å². The Morgan fingerprint density at radius 1 is 1.50 bits per heavy atom. The number of aromatic amines is 1. The Kier molecular flexibility index (Phi) is 1.63. The van der Waals surface area contributed by atoms with Gasteiger partial charge in [-0.1, -0.05) is 0 Å². The molecule has 0 atom stereocenters. The second-order valence-corrected chi connectivity index (χ2v) is 2.36. The van der Waals surface area contributed by atoms with Gasteiger partial charge in [0.15, 0.2) is 0 Å². The molecule has 0 saturated heterocycles. The zero-order valence-electron chi connectivity index (χ0n) is 6.21. The second-order valence-electron chi connectivity index (χ2n) is 2.36. The average molecular weight is 161 g/mol. The Labute approximate surface area is 69.1 Å². The van der Waals surface area contributed by atoms with Crippen LogP contribution < -0.4 is 0 Å². The number of hydrogen-bond donors (Lipinski definition) is 1. The van der Waals surface area contributed by atoms with E-state index in [0.717, 1.165) is 0 Å². The van der Waals surface area contributed by atoms with Gasteiger partial charge in [0.1, 0.15) is 0 Å². The first-order chi connectivity index (χ1) is 5.88. The fourth-order valence-corrected chi connectivity index (χ4v) is 1.03. The van der Waals surface area contributed by atoms with Gasteiger partial charge in [0.05, 0.1) is 11.3 Å². The third-order valence-electron chi connectivity index (χ3n) is 1.59. The molecular weight excluding hydrogens is 155 g/mol. The van der Waals surface area contributed by atoms with E-state index in [4.69, 9.17) is 0 Å². The molecule has 3 heteroatoms. The predicted molar refractivity (Wildman–Crippen MR) is 42.8 cm³/mol. The highest BCUT2D eigenvalue weighted by Crippen LogP contribution is 2.17. The van der Waals surface area contributed by atoms with Gasteiger partial charge in [-0.05, 0) is 18.2 Å². The maximum Gasteiger partial charge on any atom is 0.222 e. The van der Waals surface area contributed by atoms with Gasteiger partial charge in [-0.3, -0.25) is 0 Å². The minimum Gasteiger partial charge on any atom is -0.360 e. The van der Waals surface area contributed by atoms with E-state index in [-0.39, 0.29) is 0 Å². The van der Waals surface area contributed by atoms with Gasteiger partial charge in [-0.25, -0.2) is 4.98 Å². The zero-order chi connectivity index (χ0) is 8.39. The van der Waals surface area contributed by atoms with Crippen LogP contribution in [0.3, 0.4) is 0 Å². The number of nitrogens with one attached hydrogen (secondary N) is 1. The summed E-state index contributed by atoms with van der Waals surface area (Å²) >= 11 is 0. The largest absolute Gasteiger partial charge is 0.360 e. The number of rotatable bonds is 1. The third kappa shape index (κ3) is 1.09. The van der Waals surface area contributed by atoms with E-state index in [9.17, 15) is 4.39 Å². The molecule has 0 aromatic carbocycles. The van der Waals surface area contributed by atoms with Crippen LogP contribution in [-0.2, 0) is 0 Å². The molecule has 0 saturated carbocycles. The highest BCUT2D eigenvalue weighted by atomic mass is 19.1. The highest BCUT2D eigenvalue weighted by Gasteiger charge is 2.04. The van der Waals surface area contributed by atoms with Crippen molar-refractivity contribution in [3.05, 3.63) is 42.6 Å². The number of H-pyrrole nitrogens is 1. The topological polar surface area (TPSA) is 28.7 Å². The van der Waals surface area contributed by atoms with Crippen molar-refractivity contribution in [1.29, 1.82) is 0 Å². The lowest BCUT2D eigenvalue weighted by atomic mass is 10.2. The molecule has 0 aliphatic rings. The van der Waals surface area contributed by atoms with Crippen molar-refractivity contribution in [3.8, 4) is 11.3 Å². The lowest BCUT2D eigenvalue weighted by Crippen LogP contribution is -1.86. The normalized spacial score (nSPS) is 10.1. The molecule has 0 fully saturated rings. The van der Waals surface area contributed by atoms with E-state index in [1.54, 1.807) is 24.4 Å². The Morgan fingerprint density at radius 2 is 2.42 bits per heavy atom. The minimum atomic E-state index is -0.464. The van der Waals surface area contributed by atoms with Crippen LogP contribution in [0.2, 0.25) is 0 Å². The van der Waals surface area contributed by atoms with E-state index in [0.29, 0.717) is 11.3 Å². The van der Waals surface area contributed by atoms with Gasteiger partial charge >= 0.3 is 0 Å². The molecule has 2 heterocycles. The van der Waals surface area contributed by atoms with Gasteiger partial charge < -0.3 is 4.98 Å². The molecule has 0 unspecified atom stereocenters. The molecule has 0 aliphatic heterocycles. The van der Waals surface area contributed by atoms with E-state index in [1.165, 1.54) is 6.20 Å². The number of nitrogens with zero attached hydrogens (tertiary/aromatic N) is 1. The van der Waals surface area contributed by atoms with E-state index < -0.39 is 5.95 Å².